The van der Waals surface area contributed by atoms with Crippen LogP contribution in [0.3, 0.4) is 0 Å². The molecule has 2 aliphatic heterocycles. The smallest absolute Gasteiger partial charge is 0.282 e. The van der Waals surface area contributed by atoms with Crippen LogP contribution in [0.4, 0.5) is 11.4 Å². The Bertz CT molecular complexity index is 1310. The van der Waals surface area contributed by atoms with Gasteiger partial charge in [0.2, 0.25) is 0 Å². The number of anilines is 2. The SMILES string of the molecule is Cc1ccc(C2=C(Nc3ccc4c(c3)OCCO4)C(=O)N(c3cccc(Cl)c3C)C2=O)cc1. The van der Waals surface area contributed by atoms with Crippen molar-refractivity contribution in [3.63, 3.8) is 0 Å². The Kier molecular flexibility index (Phi) is 5.30. The van der Waals surface area contributed by atoms with Crippen molar-refractivity contribution in [3.8, 4) is 11.5 Å². The molecule has 0 saturated carbocycles. The molecule has 5 rings (SSSR count). The van der Waals surface area contributed by atoms with E-state index in [0.29, 0.717) is 57.8 Å². The van der Waals surface area contributed by atoms with Crippen molar-refractivity contribution in [2.75, 3.05) is 23.4 Å². The van der Waals surface area contributed by atoms with Crippen LogP contribution in [-0.2, 0) is 9.59 Å². The van der Waals surface area contributed by atoms with E-state index in [1.54, 1.807) is 43.3 Å². The highest BCUT2D eigenvalue weighted by Gasteiger charge is 2.41. The molecule has 3 aromatic rings. The summed E-state index contributed by atoms with van der Waals surface area (Å²) in [5.41, 5.74) is 3.94. The average molecular weight is 461 g/mol. The number of hydrogen-bond acceptors (Lipinski definition) is 5. The summed E-state index contributed by atoms with van der Waals surface area (Å²) < 4.78 is 11.2. The molecular formula is C26H21ClN2O4. The Morgan fingerprint density at radius 1 is 0.879 bits per heavy atom. The van der Waals surface area contributed by atoms with Crippen LogP contribution in [-0.4, -0.2) is 25.0 Å². The van der Waals surface area contributed by atoms with Crippen LogP contribution in [0.15, 0.2) is 66.4 Å². The lowest BCUT2D eigenvalue weighted by Crippen LogP contribution is -2.33. The Hall–Kier alpha value is -3.77. The van der Waals surface area contributed by atoms with Gasteiger partial charge in [0, 0.05) is 16.8 Å². The molecule has 0 spiro atoms. The van der Waals surface area contributed by atoms with E-state index < -0.39 is 11.8 Å². The molecule has 6 nitrogen and oxygen atoms in total. The minimum Gasteiger partial charge on any atom is -0.486 e. The lowest BCUT2D eigenvalue weighted by Gasteiger charge is -2.20. The molecule has 2 aliphatic rings. The standard InChI is InChI=1S/C26H21ClN2O4/c1-15-6-8-17(9-7-15)23-24(28-18-10-11-21-22(14-18)33-13-12-32-21)26(31)29(25(23)30)20-5-3-4-19(27)16(20)2/h3-11,14,28H,12-13H2,1-2H3. The molecule has 166 valence electrons. The molecule has 0 bridgehead atoms. The van der Waals surface area contributed by atoms with Crippen LogP contribution in [0.1, 0.15) is 16.7 Å². The number of rotatable bonds is 4. The summed E-state index contributed by atoms with van der Waals surface area (Å²) in [5, 5.41) is 3.65. The number of amides is 2. The fourth-order valence-corrected chi connectivity index (χ4v) is 4.13. The van der Waals surface area contributed by atoms with E-state index in [2.05, 4.69) is 5.32 Å². The monoisotopic (exact) mass is 460 g/mol. The topological polar surface area (TPSA) is 67.9 Å². The second kappa shape index (κ2) is 8.30. The number of hydrogen-bond donors (Lipinski definition) is 1. The number of benzene rings is 3. The summed E-state index contributed by atoms with van der Waals surface area (Å²) >= 11 is 6.29. The first-order valence-electron chi connectivity index (χ1n) is 10.6. The number of imide groups is 1. The number of nitrogens with one attached hydrogen (secondary N) is 1. The molecule has 2 amide bonds. The van der Waals surface area contributed by atoms with Gasteiger partial charge < -0.3 is 14.8 Å². The molecule has 0 aliphatic carbocycles. The fourth-order valence-electron chi connectivity index (χ4n) is 3.96. The van der Waals surface area contributed by atoms with Crippen molar-refractivity contribution >= 4 is 40.4 Å². The maximum atomic E-state index is 13.6. The zero-order chi connectivity index (χ0) is 23.1. The van der Waals surface area contributed by atoms with Crippen molar-refractivity contribution in [1.29, 1.82) is 0 Å². The van der Waals surface area contributed by atoms with Crippen LogP contribution in [0, 0.1) is 13.8 Å². The summed E-state index contributed by atoms with van der Waals surface area (Å²) in [6.07, 6.45) is 0. The van der Waals surface area contributed by atoms with E-state index in [4.69, 9.17) is 21.1 Å². The summed E-state index contributed by atoms with van der Waals surface area (Å²) in [7, 11) is 0. The number of carbonyl (C=O) groups is 2. The van der Waals surface area contributed by atoms with Gasteiger partial charge in [-0.2, -0.15) is 0 Å². The number of halogens is 1. The minimum absolute atomic E-state index is 0.194. The van der Waals surface area contributed by atoms with Gasteiger partial charge in [0.15, 0.2) is 11.5 Å². The predicted octanol–water partition coefficient (Wildman–Crippen LogP) is 5.12. The van der Waals surface area contributed by atoms with E-state index in [0.717, 1.165) is 5.56 Å². The Morgan fingerprint density at radius 3 is 2.36 bits per heavy atom. The number of aryl methyl sites for hydroxylation is 1. The van der Waals surface area contributed by atoms with Crippen LogP contribution >= 0.6 is 11.6 Å². The van der Waals surface area contributed by atoms with Crippen molar-refractivity contribution < 1.29 is 19.1 Å². The maximum Gasteiger partial charge on any atom is 0.282 e. The molecule has 7 heteroatoms. The first kappa shape index (κ1) is 21.1. The molecule has 3 aromatic carbocycles. The van der Waals surface area contributed by atoms with Gasteiger partial charge in [-0.15, -0.1) is 0 Å². The van der Waals surface area contributed by atoms with Gasteiger partial charge in [-0.1, -0.05) is 47.5 Å². The van der Waals surface area contributed by atoms with Crippen LogP contribution in [0.5, 0.6) is 11.5 Å². The van der Waals surface area contributed by atoms with Crippen molar-refractivity contribution in [1.82, 2.24) is 0 Å². The van der Waals surface area contributed by atoms with E-state index in [9.17, 15) is 9.59 Å². The molecule has 33 heavy (non-hydrogen) atoms. The Morgan fingerprint density at radius 2 is 1.61 bits per heavy atom. The molecular weight excluding hydrogens is 440 g/mol. The number of fused-ring (bicyclic) bond motifs is 1. The third kappa shape index (κ3) is 3.72. The molecule has 0 saturated heterocycles. The highest BCUT2D eigenvalue weighted by molar-refractivity contribution is 6.46. The van der Waals surface area contributed by atoms with Crippen molar-refractivity contribution in [2.24, 2.45) is 0 Å². The largest absolute Gasteiger partial charge is 0.486 e. The summed E-state index contributed by atoms with van der Waals surface area (Å²) in [6, 6.07) is 18.0. The van der Waals surface area contributed by atoms with Crippen molar-refractivity contribution in [2.45, 2.75) is 13.8 Å². The second-order valence-corrected chi connectivity index (χ2v) is 8.34. The zero-order valence-corrected chi connectivity index (χ0v) is 18.9. The lowest BCUT2D eigenvalue weighted by molar-refractivity contribution is -0.120. The predicted molar refractivity (Wildman–Crippen MR) is 128 cm³/mol. The summed E-state index contributed by atoms with van der Waals surface area (Å²) in [4.78, 5) is 28.4. The molecule has 1 N–H and O–H groups in total. The third-order valence-corrected chi connectivity index (χ3v) is 6.13. The molecule has 0 unspecified atom stereocenters. The van der Waals surface area contributed by atoms with Crippen LogP contribution in [0.2, 0.25) is 5.02 Å². The normalized spacial score (nSPS) is 15.3. The van der Waals surface area contributed by atoms with E-state index in [-0.39, 0.29) is 5.70 Å². The van der Waals surface area contributed by atoms with Gasteiger partial charge in [0.05, 0.1) is 11.3 Å². The zero-order valence-electron chi connectivity index (χ0n) is 18.1. The molecule has 0 radical (unpaired) electrons. The quantitative estimate of drug-likeness (QED) is 0.547. The first-order valence-corrected chi connectivity index (χ1v) is 10.9. The summed E-state index contributed by atoms with van der Waals surface area (Å²) in [5.74, 6) is 0.373. The fraction of sp³-hybridized carbons (Fsp3) is 0.154. The van der Waals surface area contributed by atoms with Gasteiger partial charge in [0.1, 0.15) is 18.9 Å². The number of ether oxygens (including phenoxy) is 2. The minimum atomic E-state index is -0.448. The van der Waals surface area contributed by atoms with Gasteiger partial charge in [-0.05, 0) is 49.2 Å². The van der Waals surface area contributed by atoms with Crippen LogP contribution in [0.25, 0.3) is 5.57 Å². The molecule has 2 heterocycles. The molecule has 0 fully saturated rings. The van der Waals surface area contributed by atoms with Gasteiger partial charge in [0.25, 0.3) is 11.8 Å². The highest BCUT2D eigenvalue weighted by atomic mass is 35.5. The van der Waals surface area contributed by atoms with E-state index in [1.165, 1.54) is 4.90 Å². The van der Waals surface area contributed by atoms with Gasteiger partial charge in [-0.3, -0.25) is 9.59 Å². The summed E-state index contributed by atoms with van der Waals surface area (Å²) in [6.45, 7) is 4.70. The van der Waals surface area contributed by atoms with Crippen LogP contribution < -0.4 is 19.7 Å². The highest BCUT2D eigenvalue weighted by Crippen LogP contribution is 2.38. The molecule has 0 aromatic heterocycles. The van der Waals surface area contributed by atoms with E-state index in [1.807, 2.05) is 31.2 Å². The Balaban J connectivity index is 1.60. The Labute approximate surface area is 196 Å². The second-order valence-electron chi connectivity index (χ2n) is 7.93. The third-order valence-electron chi connectivity index (χ3n) is 5.72. The lowest BCUT2D eigenvalue weighted by atomic mass is 10.0. The maximum absolute atomic E-state index is 13.6. The molecule has 0 atom stereocenters. The van der Waals surface area contributed by atoms with Gasteiger partial charge >= 0.3 is 0 Å². The van der Waals surface area contributed by atoms with Crippen molar-refractivity contribution in [3.05, 3.63) is 88.1 Å². The van der Waals surface area contributed by atoms with E-state index >= 15 is 0 Å². The average Bonchev–Trinajstić information content (AvgIpc) is 3.05. The number of carbonyl (C=O) groups excluding carboxylic acids is 2. The first-order chi connectivity index (χ1) is 15.9. The number of nitrogens with zero attached hydrogens (tertiary/aromatic N) is 1. The van der Waals surface area contributed by atoms with Gasteiger partial charge in [-0.25, -0.2) is 4.90 Å².